The van der Waals surface area contributed by atoms with Crippen LogP contribution in [0.3, 0.4) is 0 Å². The molecule has 1 aromatic carbocycles. The van der Waals surface area contributed by atoms with Crippen molar-refractivity contribution < 1.29 is 5.11 Å². The van der Waals surface area contributed by atoms with Crippen molar-refractivity contribution in [3.63, 3.8) is 0 Å². The molecule has 3 rings (SSSR count). The SMILES string of the molecule is CC1c2sccc2C(O)CN1Cc1ccccc1Cl. The Balaban J connectivity index is 1.86. The van der Waals surface area contributed by atoms with Crippen molar-refractivity contribution in [2.24, 2.45) is 0 Å². The Bertz CT molecular complexity index is 583. The second-order valence-corrected chi connectivity index (χ2v) is 6.31. The van der Waals surface area contributed by atoms with Crippen LogP contribution in [0.5, 0.6) is 0 Å². The fourth-order valence-electron chi connectivity index (χ4n) is 2.64. The Morgan fingerprint density at radius 1 is 1.37 bits per heavy atom. The van der Waals surface area contributed by atoms with Gasteiger partial charge >= 0.3 is 0 Å². The summed E-state index contributed by atoms with van der Waals surface area (Å²) in [6, 6.07) is 10.3. The van der Waals surface area contributed by atoms with Crippen LogP contribution in [0.25, 0.3) is 0 Å². The largest absolute Gasteiger partial charge is 0.387 e. The maximum absolute atomic E-state index is 10.2. The van der Waals surface area contributed by atoms with E-state index in [2.05, 4.69) is 17.2 Å². The average molecular weight is 294 g/mol. The Labute approximate surface area is 122 Å². The van der Waals surface area contributed by atoms with Crippen LogP contribution in [0.4, 0.5) is 0 Å². The molecule has 1 aromatic heterocycles. The highest BCUT2D eigenvalue weighted by Crippen LogP contribution is 2.39. The van der Waals surface area contributed by atoms with Crippen molar-refractivity contribution in [1.82, 2.24) is 4.90 Å². The first-order chi connectivity index (χ1) is 9.16. The van der Waals surface area contributed by atoms with Crippen molar-refractivity contribution in [1.29, 1.82) is 0 Å². The van der Waals surface area contributed by atoms with Gasteiger partial charge in [0.2, 0.25) is 0 Å². The van der Waals surface area contributed by atoms with E-state index >= 15 is 0 Å². The summed E-state index contributed by atoms with van der Waals surface area (Å²) in [5, 5.41) is 13.1. The highest BCUT2D eigenvalue weighted by molar-refractivity contribution is 7.10. The first kappa shape index (κ1) is 13.1. The number of rotatable bonds is 2. The lowest BCUT2D eigenvalue weighted by Gasteiger charge is -2.36. The summed E-state index contributed by atoms with van der Waals surface area (Å²) in [6.45, 7) is 3.63. The molecule has 0 fully saturated rings. The van der Waals surface area contributed by atoms with Gasteiger partial charge in [0.05, 0.1) is 6.10 Å². The lowest BCUT2D eigenvalue weighted by atomic mass is 9.99. The van der Waals surface area contributed by atoms with Gasteiger partial charge in [0, 0.05) is 29.0 Å². The molecular formula is C15H16ClNOS. The second kappa shape index (κ2) is 5.25. The standard InChI is InChI=1S/C15H16ClNOS/c1-10-15-12(6-7-19-15)14(18)9-17(10)8-11-4-2-3-5-13(11)16/h2-7,10,14,18H,8-9H2,1H3. The van der Waals surface area contributed by atoms with Gasteiger partial charge in [0.1, 0.15) is 0 Å². The number of hydrogen-bond acceptors (Lipinski definition) is 3. The van der Waals surface area contributed by atoms with E-state index in [0.717, 1.165) is 22.7 Å². The van der Waals surface area contributed by atoms with Crippen molar-refractivity contribution in [3.05, 3.63) is 56.7 Å². The third kappa shape index (κ3) is 2.43. The maximum Gasteiger partial charge on any atom is 0.0928 e. The van der Waals surface area contributed by atoms with Crippen LogP contribution < -0.4 is 0 Å². The highest BCUT2D eigenvalue weighted by atomic mass is 35.5. The van der Waals surface area contributed by atoms with E-state index < -0.39 is 0 Å². The summed E-state index contributed by atoms with van der Waals surface area (Å²) >= 11 is 7.94. The monoisotopic (exact) mass is 293 g/mol. The van der Waals surface area contributed by atoms with Crippen LogP contribution >= 0.6 is 22.9 Å². The van der Waals surface area contributed by atoms with Gasteiger partial charge < -0.3 is 5.11 Å². The fourth-order valence-corrected chi connectivity index (χ4v) is 3.88. The minimum atomic E-state index is -0.389. The molecule has 0 saturated heterocycles. The minimum absolute atomic E-state index is 0.328. The van der Waals surface area contributed by atoms with E-state index in [1.807, 2.05) is 30.3 Å². The van der Waals surface area contributed by atoms with E-state index in [0.29, 0.717) is 12.6 Å². The molecule has 2 heterocycles. The summed E-state index contributed by atoms with van der Waals surface area (Å²) in [5.41, 5.74) is 2.20. The predicted octanol–water partition coefficient (Wildman–Crippen LogP) is 4.01. The van der Waals surface area contributed by atoms with Gasteiger partial charge in [-0.15, -0.1) is 11.3 Å². The van der Waals surface area contributed by atoms with Crippen LogP contribution in [0.1, 0.15) is 35.1 Å². The molecule has 4 heteroatoms. The molecule has 100 valence electrons. The second-order valence-electron chi connectivity index (χ2n) is 4.95. The molecule has 1 N–H and O–H groups in total. The third-order valence-electron chi connectivity index (χ3n) is 3.75. The number of benzene rings is 1. The molecule has 0 amide bonds. The molecule has 0 aliphatic carbocycles. The van der Waals surface area contributed by atoms with Crippen LogP contribution in [0.2, 0.25) is 5.02 Å². The molecule has 0 saturated carbocycles. The molecule has 2 nitrogen and oxygen atoms in total. The van der Waals surface area contributed by atoms with Crippen molar-refractivity contribution in [2.45, 2.75) is 25.6 Å². The minimum Gasteiger partial charge on any atom is -0.387 e. The third-order valence-corrected chi connectivity index (χ3v) is 5.22. The van der Waals surface area contributed by atoms with E-state index in [1.165, 1.54) is 4.88 Å². The van der Waals surface area contributed by atoms with E-state index in [4.69, 9.17) is 11.6 Å². The molecule has 0 bridgehead atoms. The highest BCUT2D eigenvalue weighted by Gasteiger charge is 2.30. The molecule has 1 aliphatic rings. The number of β-amino-alcohol motifs (C(OH)–C–C–N with tert-alkyl or cyclic N) is 1. The molecule has 2 unspecified atom stereocenters. The van der Waals surface area contributed by atoms with Gasteiger partial charge in [-0.1, -0.05) is 29.8 Å². The Morgan fingerprint density at radius 3 is 2.95 bits per heavy atom. The number of aliphatic hydroxyl groups excluding tert-OH is 1. The molecule has 2 atom stereocenters. The van der Waals surface area contributed by atoms with Gasteiger partial charge in [0.15, 0.2) is 0 Å². The number of fused-ring (bicyclic) bond motifs is 1. The van der Waals surface area contributed by atoms with E-state index in [1.54, 1.807) is 11.3 Å². The smallest absolute Gasteiger partial charge is 0.0928 e. The molecule has 0 spiro atoms. The Hall–Kier alpha value is -0.870. The molecule has 19 heavy (non-hydrogen) atoms. The summed E-state index contributed by atoms with van der Waals surface area (Å²) in [6.07, 6.45) is -0.389. The van der Waals surface area contributed by atoms with E-state index in [9.17, 15) is 5.11 Å². The molecule has 0 radical (unpaired) electrons. The topological polar surface area (TPSA) is 23.5 Å². The number of hydrogen-bond donors (Lipinski definition) is 1. The molecule has 1 aliphatic heterocycles. The number of halogens is 1. The number of nitrogens with zero attached hydrogens (tertiary/aromatic N) is 1. The number of thiophene rings is 1. The maximum atomic E-state index is 10.2. The van der Waals surface area contributed by atoms with Crippen LogP contribution in [-0.2, 0) is 6.54 Å². The Morgan fingerprint density at radius 2 is 2.16 bits per heavy atom. The first-order valence-electron chi connectivity index (χ1n) is 6.39. The van der Waals surface area contributed by atoms with Crippen LogP contribution in [-0.4, -0.2) is 16.6 Å². The molecule has 2 aromatic rings. The van der Waals surface area contributed by atoms with Gasteiger partial charge in [-0.25, -0.2) is 0 Å². The van der Waals surface area contributed by atoms with Crippen molar-refractivity contribution >= 4 is 22.9 Å². The van der Waals surface area contributed by atoms with E-state index in [-0.39, 0.29) is 6.10 Å². The van der Waals surface area contributed by atoms with Gasteiger partial charge in [0.25, 0.3) is 0 Å². The summed E-state index contributed by atoms with van der Waals surface area (Å²) in [7, 11) is 0. The zero-order valence-corrected chi connectivity index (χ0v) is 12.3. The van der Waals surface area contributed by atoms with Crippen LogP contribution in [0.15, 0.2) is 35.7 Å². The average Bonchev–Trinajstić information content (AvgIpc) is 2.88. The van der Waals surface area contributed by atoms with Crippen molar-refractivity contribution in [2.75, 3.05) is 6.54 Å². The van der Waals surface area contributed by atoms with Gasteiger partial charge in [-0.05, 0) is 35.6 Å². The normalized spacial score (nSPS) is 23.3. The van der Waals surface area contributed by atoms with Crippen LogP contribution in [0, 0.1) is 0 Å². The summed E-state index contributed by atoms with van der Waals surface area (Å²) in [5.74, 6) is 0. The first-order valence-corrected chi connectivity index (χ1v) is 7.65. The Kier molecular flexibility index (Phi) is 3.63. The predicted molar refractivity (Wildman–Crippen MR) is 79.6 cm³/mol. The van der Waals surface area contributed by atoms with Crippen molar-refractivity contribution in [3.8, 4) is 0 Å². The zero-order valence-electron chi connectivity index (χ0n) is 10.7. The number of aliphatic hydroxyl groups is 1. The summed E-state index contributed by atoms with van der Waals surface area (Å²) < 4.78 is 0. The quantitative estimate of drug-likeness (QED) is 0.904. The van der Waals surface area contributed by atoms with Gasteiger partial charge in [-0.3, -0.25) is 4.90 Å². The molecular weight excluding hydrogens is 278 g/mol. The summed E-state index contributed by atoms with van der Waals surface area (Å²) in [4.78, 5) is 3.55. The lowest BCUT2D eigenvalue weighted by molar-refractivity contribution is 0.0689. The van der Waals surface area contributed by atoms with Gasteiger partial charge in [-0.2, -0.15) is 0 Å². The zero-order chi connectivity index (χ0) is 13.4. The lowest BCUT2D eigenvalue weighted by Crippen LogP contribution is -2.35. The fraction of sp³-hybridized carbons (Fsp3) is 0.333.